The third-order valence-electron chi connectivity index (χ3n) is 6.94. The van der Waals surface area contributed by atoms with Crippen molar-refractivity contribution in [3.05, 3.63) is 29.8 Å². The van der Waals surface area contributed by atoms with Gasteiger partial charge in [0.1, 0.15) is 35.0 Å². The number of ether oxygens (including phenoxy) is 1. The number of aromatic nitrogens is 2. The first-order chi connectivity index (χ1) is 17.9. The van der Waals surface area contributed by atoms with Crippen molar-refractivity contribution in [2.45, 2.75) is 75.7 Å². The lowest BCUT2D eigenvalue weighted by Crippen LogP contribution is -2.56. The number of carbonyl (C=O) groups excluding carboxylic acids is 1. The van der Waals surface area contributed by atoms with E-state index in [1.54, 1.807) is 26.8 Å². The third kappa shape index (κ3) is 5.71. The summed E-state index contributed by atoms with van der Waals surface area (Å²) in [4.78, 5) is 23.0. The van der Waals surface area contributed by atoms with Gasteiger partial charge in [-0.1, -0.05) is 0 Å². The van der Waals surface area contributed by atoms with Gasteiger partial charge >= 0.3 is 0 Å². The fourth-order valence-electron chi connectivity index (χ4n) is 4.72. The van der Waals surface area contributed by atoms with E-state index in [0.717, 1.165) is 0 Å². The number of fused-ring (bicyclic) bond motifs is 3. The van der Waals surface area contributed by atoms with E-state index in [1.165, 1.54) is 6.07 Å². The van der Waals surface area contributed by atoms with Crippen LogP contribution in [0.5, 0.6) is 5.75 Å². The Morgan fingerprint density at radius 2 is 2.03 bits per heavy atom. The minimum atomic E-state index is -1.61. The Balaban J connectivity index is 1.65. The molecule has 1 aromatic heterocycles. The Bertz CT molecular complexity index is 1250. The van der Waals surface area contributed by atoms with Crippen molar-refractivity contribution in [1.29, 1.82) is 5.41 Å². The maximum absolute atomic E-state index is 15.3. The molecule has 0 spiro atoms. The fourth-order valence-corrected chi connectivity index (χ4v) is 6.20. The molecule has 2 aromatic rings. The summed E-state index contributed by atoms with van der Waals surface area (Å²) in [6.45, 7) is 11.0. The van der Waals surface area contributed by atoms with Gasteiger partial charge in [0.2, 0.25) is 5.91 Å². The smallest absolute Gasteiger partial charge is 0.237 e. The van der Waals surface area contributed by atoms with Crippen LogP contribution < -0.4 is 15.8 Å². The van der Waals surface area contributed by atoms with Crippen LogP contribution in [0, 0.1) is 11.2 Å². The maximum atomic E-state index is 15.3. The van der Waals surface area contributed by atoms with Crippen LogP contribution >= 0.6 is 0 Å². The molecule has 1 amide bonds. The molecule has 3 heterocycles. The second-order valence-corrected chi connectivity index (χ2v) is 12.2. The highest BCUT2D eigenvalue weighted by atomic mass is 32.2. The summed E-state index contributed by atoms with van der Waals surface area (Å²) in [6, 6.07) is 2.96. The number of hydrogen-bond donors (Lipinski definition) is 3. The van der Waals surface area contributed by atoms with E-state index in [2.05, 4.69) is 10.3 Å². The quantitative estimate of drug-likeness (QED) is 0.289. The molecule has 12 heteroatoms. The Labute approximate surface area is 225 Å². The molecule has 0 bridgehead atoms. The van der Waals surface area contributed by atoms with Gasteiger partial charge in [-0.25, -0.2) is 14.4 Å². The van der Waals surface area contributed by atoms with Crippen LogP contribution in [-0.2, 0) is 22.5 Å². The number of rotatable bonds is 6. The molecule has 1 saturated heterocycles. The van der Waals surface area contributed by atoms with Crippen molar-refractivity contribution in [2.75, 3.05) is 19.7 Å². The van der Waals surface area contributed by atoms with E-state index in [1.807, 2.05) is 29.5 Å². The summed E-state index contributed by atoms with van der Waals surface area (Å²) in [5.74, 6) is 0.541. The highest BCUT2D eigenvalue weighted by Crippen LogP contribution is 2.38. The number of piperidine rings is 1. The minimum absolute atomic E-state index is 0.0771. The zero-order valence-electron chi connectivity index (χ0n) is 22.5. The molecular weight excluding hydrogens is 509 g/mol. The average molecular weight is 546 g/mol. The van der Waals surface area contributed by atoms with Crippen LogP contribution in [0.1, 0.15) is 53.2 Å². The van der Waals surface area contributed by atoms with Crippen LogP contribution in [-0.4, -0.2) is 73.1 Å². The molecule has 1 unspecified atom stereocenters. The van der Waals surface area contributed by atoms with Crippen molar-refractivity contribution >= 4 is 28.8 Å². The largest absolute Gasteiger partial charge is 0.611 e. The number of amides is 1. The molecular formula is C26H36FN7O3S. The molecule has 1 atom stereocenters. The minimum Gasteiger partial charge on any atom is -0.611 e. The Morgan fingerprint density at radius 3 is 2.63 bits per heavy atom. The molecule has 4 N–H and O–H groups in total. The van der Waals surface area contributed by atoms with E-state index in [9.17, 15) is 9.35 Å². The molecule has 0 saturated carbocycles. The van der Waals surface area contributed by atoms with E-state index in [0.29, 0.717) is 67.7 Å². The SMILES string of the molecule is CC(=N)/N=C(\NC(C)C)c1cn2c(n1)-c1cc([S+]([O-])C3CCN(C(C)(C)C(N)=O)CC3)c(F)cc1OCC2. The molecule has 38 heavy (non-hydrogen) atoms. The van der Waals surface area contributed by atoms with Gasteiger partial charge in [0.25, 0.3) is 0 Å². The van der Waals surface area contributed by atoms with E-state index in [-0.39, 0.29) is 22.0 Å². The third-order valence-corrected chi connectivity index (χ3v) is 8.77. The number of primary amides is 1. The highest BCUT2D eigenvalue weighted by Gasteiger charge is 2.39. The number of nitrogens with zero attached hydrogens (tertiary/aromatic N) is 4. The van der Waals surface area contributed by atoms with Crippen LogP contribution in [0.25, 0.3) is 11.4 Å². The number of aliphatic imine (C=N–C) groups is 1. The maximum Gasteiger partial charge on any atom is 0.237 e. The van der Waals surface area contributed by atoms with E-state index >= 15 is 4.39 Å². The first-order valence-corrected chi connectivity index (χ1v) is 14.0. The van der Waals surface area contributed by atoms with Crippen LogP contribution in [0.4, 0.5) is 4.39 Å². The fraction of sp³-hybridized carbons (Fsp3) is 0.538. The van der Waals surface area contributed by atoms with Crippen molar-refractivity contribution in [3.8, 4) is 17.1 Å². The second-order valence-electron chi connectivity index (χ2n) is 10.5. The number of nitrogens with two attached hydrogens (primary N) is 1. The van der Waals surface area contributed by atoms with Gasteiger partial charge in [0.15, 0.2) is 16.5 Å². The summed E-state index contributed by atoms with van der Waals surface area (Å²) < 4.78 is 36.6. The molecule has 1 fully saturated rings. The van der Waals surface area contributed by atoms with Gasteiger partial charge in [-0.3, -0.25) is 15.1 Å². The molecule has 2 aliphatic rings. The van der Waals surface area contributed by atoms with Gasteiger partial charge in [-0.05, 0) is 45.8 Å². The van der Waals surface area contributed by atoms with Gasteiger partial charge in [-0.15, -0.1) is 0 Å². The van der Waals surface area contributed by atoms with Crippen molar-refractivity contribution in [3.63, 3.8) is 0 Å². The molecule has 10 nitrogen and oxygen atoms in total. The zero-order valence-corrected chi connectivity index (χ0v) is 23.3. The second kappa shape index (κ2) is 11.0. The standard InChI is InChI=1S/C26H36FN7O3S/c1-15(2)30-23(31-16(3)28)20-14-33-10-11-37-21-13-19(27)22(12-18(21)24(33)32-20)38(36)17-6-8-34(9-7-17)26(4,5)25(29)35/h12-15,17H,6-11H2,1-5H3,(H2,29,35)(H2,28,30,31). The van der Waals surface area contributed by atoms with Gasteiger partial charge < -0.3 is 24.9 Å². The predicted octanol–water partition coefficient (Wildman–Crippen LogP) is 2.66. The van der Waals surface area contributed by atoms with Crippen molar-refractivity contribution in [1.82, 2.24) is 19.8 Å². The summed E-state index contributed by atoms with van der Waals surface area (Å²) in [5, 5.41) is 10.8. The number of likely N-dealkylation sites (tertiary alicyclic amines) is 1. The van der Waals surface area contributed by atoms with Crippen molar-refractivity contribution in [2.24, 2.45) is 10.7 Å². The summed E-state index contributed by atoms with van der Waals surface area (Å²) >= 11 is -1.61. The molecule has 4 rings (SSSR count). The summed E-state index contributed by atoms with van der Waals surface area (Å²) in [6.07, 6.45) is 2.94. The van der Waals surface area contributed by atoms with E-state index < -0.39 is 28.4 Å². The summed E-state index contributed by atoms with van der Waals surface area (Å²) in [7, 11) is 0. The lowest BCUT2D eigenvalue weighted by molar-refractivity contribution is -0.128. The summed E-state index contributed by atoms with van der Waals surface area (Å²) in [5.41, 5.74) is 5.88. The molecule has 0 radical (unpaired) electrons. The zero-order chi connectivity index (χ0) is 27.8. The average Bonchev–Trinajstić information content (AvgIpc) is 3.19. The van der Waals surface area contributed by atoms with E-state index in [4.69, 9.17) is 20.9 Å². The van der Waals surface area contributed by atoms with Crippen LogP contribution in [0.15, 0.2) is 28.2 Å². The van der Waals surface area contributed by atoms with Gasteiger partial charge in [0.05, 0.1) is 17.6 Å². The lowest BCUT2D eigenvalue weighted by Gasteiger charge is -2.40. The van der Waals surface area contributed by atoms with Crippen LogP contribution in [0.3, 0.4) is 0 Å². The number of hydrogen-bond acceptors (Lipinski definition) is 6. The monoisotopic (exact) mass is 545 g/mol. The van der Waals surface area contributed by atoms with Crippen molar-refractivity contribution < 1.29 is 18.5 Å². The molecule has 0 aliphatic carbocycles. The lowest BCUT2D eigenvalue weighted by atomic mass is 9.98. The predicted molar refractivity (Wildman–Crippen MR) is 146 cm³/mol. The number of nitrogens with one attached hydrogen (secondary N) is 2. The number of amidine groups is 2. The highest BCUT2D eigenvalue weighted by molar-refractivity contribution is 7.92. The number of imidazole rings is 1. The van der Waals surface area contributed by atoms with Gasteiger partial charge in [-0.2, -0.15) is 0 Å². The molecule has 1 aromatic carbocycles. The Hall–Kier alpha value is -2.96. The number of benzene rings is 1. The van der Waals surface area contributed by atoms with Crippen LogP contribution in [0.2, 0.25) is 0 Å². The Kier molecular flexibility index (Phi) is 8.15. The Morgan fingerprint density at radius 1 is 1.34 bits per heavy atom. The number of carbonyl (C=O) groups is 1. The normalized spacial score (nSPS) is 17.8. The van der Waals surface area contributed by atoms with Gasteiger partial charge in [0, 0.05) is 50.3 Å². The first kappa shape index (κ1) is 28.1. The molecule has 206 valence electrons. The number of halogens is 1. The molecule has 2 aliphatic heterocycles. The topological polar surface area (TPSA) is 145 Å². The first-order valence-electron chi connectivity index (χ1n) is 12.8.